The SMILES string of the molecule is O=C(O)c1c(F)cccc1-c1cc(F)ccc1O. The van der Waals surface area contributed by atoms with Crippen LogP contribution in [0.5, 0.6) is 5.75 Å². The summed E-state index contributed by atoms with van der Waals surface area (Å²) in [5, 5.41) is 18.6. The molecule has 0 spiro atoms. The summed E-state index contributed by atoms with van der Waals surface area (Å²) < 4.78 is 26.6. The molecule has 2 rings (SSSR count). The van der Waals surface area contributed by atoms with E-state index in [1.165, 1.54) is 12.1 Å². The van der Waals surface area contributed by atoms with Gasteiger partial charge in [0.25, 0.3) is 0 Å². The van der Waals surface area contributed by atoms with Crippen molar-refractivity contribution in [1.82, 2.24) is 0 Å². The van der Waals surface area contributed by atoms with Gasteiger partial charge in [0, 0.05) is 11.1 Å². The van der Waals surface area contributed by atoms with Gasteiger partial charge in [-0.2, -0.15) is 0 Å². The fourth-order valence-electron chi connectivity index (χ4n) is 1.69. The van der Waals surface area contributed by atoms with Crippen molar-refractivity contribution >= 4 is 5.97 Å². The van der Waals surface area contributed by atoms with E-state index in [1.807, 2.05) is 0 Å². The van der Waals surface area contributed by atoms with Gasteiger partial charge in [-0.25, -0.2) is 13.6 Å². The number of benzene rings is 2. The number of rotatable bonds is 2. The molecule has 0 unspecified atom stereocenters. The van der Waals surface area contributed by atoms with Crippen LogP contribution in [0, 0.1) is 11.6 Å². The van der Waals surface area contributed by atoms with Crippen molar-refractivity contribution in [2.75, 3.05) is 0 Å². The Hall–Kier alpha value is -2.43. The van der Waals surface area contributed by atoms with Crippen LogP contribution in [0.3, 0.4) is 0 Å². The number of carbonyl (C=O) groups is 1. The number of carboxylic acid groups (broad SMARTS) is 1. The smallest absolute Gasteiger partial charge is 0.339 e. The minimum absolute atomic E-state index is 0.0631. The number of aromatic carboxylic acids is 1. The molecule has 5 heteroatoms. The zero-order chi connectivity index (χ0) is 13.3. The molecule has 2 N–H and O–H groups in total. The number of hydrogen-bond acceptors (Lipinski definition) is 2. The van der Waals surface area contributed by atoms with E-state index in [0.717, 1.165) is 24.3 Å². The molecule has 3 nitrogen and oxygen atoms in total. The van der Waals surface area contributed by atoms with Crippen LogP contribution in [0.15, 0.2) is 36.4 Å². The number of aromatic hydroxyl groups is 1. The van der Waals surface area contributed by atoms with Crippen LogP contribution in [0.2, 0.25) is 0 Å². The Labute approximate surface area is 101 Å². The molecule has 0 atom stereocenters. The third-order valence-corrected chi connectivity index (χ3v) is 2.48. The van der Waals surface area contributed by atoms with E-state index in [1.54, 1.807) is 0 Å². The highest BCUT2D eigenvalue weighted by Gasteiger charge is 2.19. The van der Waals surface area contributed by atoms with Crippen LogP contribution < -0.4 is 0 Å². The maximum absolute atomic E-state index is 13.5. The van der Waals surface area contributed by atoms with Gasteiger partial charge in [-0.05, 0) is 24.3 Å². The minimum atomic E-state index is -1.48. The summed E-state index contributed by atoms with van der Waals surface area (Å²) in [6.45, 7) is 0. The predicted molar refractivity (Wildman–Crippen MR) is 60.4 cm³/mol. The first-order valence-corrected chi connectivity index (χ1v) is 5.01. The summed E-state index contributed by atoms with van der Waals surface area (Å²) in [6, 6.07) is 6.65. The third-order valence-electron chi connectivity index (χ3n) is 2.48. The highest BCUT2D eigenvalue weighted by Crippen LogP contribution is 2.33. The Morgan fingerprint density at radius 2 is 1.78 bits per heavy atom. The van der Waals surface area contributed by atoms with Crippen LogP contribution in [0.25, 0.3) is 11.1 Å². The van der Waals surface area contributed by atoms with Crippen molar-refractivity contribution in [2.45, 2.75) is 0 Å². The van der Waals surface area contributed by atoms with Crippen molar-refractivity contribution in [1.29, 1.82) is 0 Å². The van der Waals surface area contributed by atoms with Gasteiger partial charge in [0.05, 0.1) is 0 Å². The second-order valence-corrected chi connectivity index (χ2v) is 3.63. The van der Waals surface area contributed by atoms with E-state index in [2.05, 4.69) is 0 Å². The Bertz CT molecular complexity index is 624. The Balaban J connectivity index is 2.75. The first kappa shape index (κ1) is 12.0. The maximum Gasteiger partial charge on any atom is 0.339 e. The molecule has 0 amide bonds. The summed E-state index contributed by atoms with van der Waals surface area (Å²) in [7, 11) is 0. The lowest BCUT2D eigenvalue weighted by molar-refractivity contribution is 0.0693. The van der Waals surface area contributed by atoms with E-state index in [4.69, 9.17) is 5.11 Å². The fraction of sp³-hybridized carbons (Fsp3) is 0. The monoisotopic (exact) mass is 250 g/mol. The van der Waals surface area contributed by atoms with Gasteiger partial charge in [0.2, 0.25) is 0 Å². The van der Waals surface area contributed by atoms with E-state index in [9.17, 15) is 18.7 Å². The van der Waals surface area contributed by atoms with Crippen molar-refractivity contribution in [3.63, 3.8) is 0 Å². The first-order chi connectivity index (χ1) is 8.50. The molecule has 92 valence electrons. The molecule has 2 aromatic rings. The zero-order valence-corrected chi connectivity index (χ0v) is 9.02. The van der Waals surface area contributed by atoms with Crippen LogP contribution in [-0.4, -0.2) is 16.2 Å². The molecule has 0 aromatic heterocycles. The normalized spacial score (nSPS) is 10.3. The molecule has 0 aliphatic rings. The molecule has 0 saturated carbocycles. The molecular formula is C13H8F2O3. The van der Waals surface area contributed by atoms with Crippen LogP contribution in [0.4, 0.5) is 8.78 Å². The lowest BCUT2D eigenvalue weighted by atomic mass is 9.98. The predicted octanol–water partition coefficient (Wildman–Crippen LogP) is 3.04. The summed E-state index contributed by atoms with van der Waals surface area (Å²) in [6.07, 6.45) is 0. The molecule has 0 saturated heterocycles. The number of halogens is 2. The van der Waals surface area contributed by atoms with E-state index in [0.29, 0.717) is 0 Å². The van der Waals surface area contributed by atoms with Crippen molar-refractivity contribution in [3.8, 4) is 16.9 Å². The fourth-order valence-corrected chi connectivity index (χ4v) is 1.69. The Morgan fingerprint density at radius 1 is 1.06 bits per heavy atom. The number of phenolic OH excluding ortho intramolecular Hbond substituents is 1. The van der Waals surface area contributed by atoms with Crippen LogP contribution in [0.1, 0.15) is 10.4 Å². The largest absolute Gasteiger partial charge is 0.507 e. The van der Waals surface area contributed by atoms with Crippen molar-refractivity contribution < 1.29 is 23.8 Å². The third kappa shape index (κ3) is 2.02. The minimum Gasteiger partial charge on any atom is -0.507 e. The molecule has 0 bridgehead atoms. The van der Waals surface area contributed by atoms with Gasteiger partial charge in [0.15, 0.2) is 0 Å². The number of hydrogen-bond donors (Lipinski definition) is 2. The summed E-state index contributed by atoms with van der Waals surface area (Å²) in [5.74, 6) is -3.39. The lowest BCUT2D eigenvalue weighted by Gasteiger charge is -2.09. The molecule has 0 radical (unpaired) electrons. The van der Waals surface area contributed by atoms with Crippen molar-refractivity contribution in [2.24, 2.45) is 0 Å². The second-order valence-electron chi connectivity index (χ2n) is 3.63. The average Bonchev–Trinajstić information content (AvgIpc) is 2.31. The Morgan fingerprint density at radius 3 is 2.44 bits per heavy atom. The number of carboxylic acids is 1. The van der Waals surface area contributed by atoms with E-state index < -0.39 is 23.2 Å². The highest BCUT2D eigenvalue weighted by molar-refractivity contribution is 5.97. The Kier molecular flexibility index (Phi) is 2.97. The summed E-state index contributed by atoms with van der Waals surface area (Å²) >= 11 is 0. The molecule has 0 aliphatic carbocycles. The standard InChI is InChI=1S/C13H8F2O3/c14-7-4-5-11(16)9(6-7)8-2-1-3-10(15)12(8)13(17)18/h1-6,16H,(H,17,18). The molecule has 0 aliphatic heterocycles. The lowest BCUT2D eigenvalue weighted by Crippen LogP contribution is -2.03. The van der Waals surface area contributed by atoms with E-state index in [-0.39, 0.29) is 16.9 Å². The van der Waals surface area contributed by atoms with Crippen LogP contribution in [-0.2, 0) is 0 Å². The molecule has 18 heavy (non-hydrogen) atoms. The highest BCUT2D eigenvalue weighted by atomic mass is 19.1. The molecular weight excluding hydrogens is 242 g/mol. The van der Waals surface area contributed by atoms with Gasteiger partial charge >= 0.3 is 5.97 Å². The topological polar surface area (TPSA) is 57.5 Å². The average molecular weight is 250 g/mol. The first-order valence-electron chi connectivity index (χ1n) is 5.01. The quantitative estimate of drug-likeness (QED) is 0.861. The van der Waals surface area contributed by atoms with Gasteiger partial charge in [-0.3, -0.25) is 0 Å². The maximum atomic E-state index is 13.5. The van der Waals surface area contributed by atoms with Gasteiger partial charge in [0.1, 0.15) is 22.9 Å². The van der Waals surface area contributed by atoms with E-state index >= 15 is 0 Å². The van der Waals surface area contributed by atoms with Gasteiger partial charge in [-0.15, -0.1) is 0 Å². The number of phenols is 1. The van der Waals surface area contributed by atoms with Crippen LogP contribution >= 0.6 is 0 Å². The summed E-state index contributed by atoms with van der Waals surface area (Å²) in [4.78, 5) is 11.0. The van der Waals surface area contributed by atoms with Gasteiger partial charge in [-0.1, -0.05) is 12.1 Å². The molecule has 0 heterocycles. The zero-order valence-electron chi connectivity index (χ0n) is 9.02. The second kappa shape index (κ2) is 4.44. The summed E-state index contributed by atoms with van der Waals surface area (Å²) in [5.41, 5.74) is -0.732. The molecule has 2 aromatic carbocycles. The molecule has 0 fully saturated rings. The van der Waals surface area contributed by atoms with Crippen molar-refractivity contribution in [3.05, 3.63) is 53.6 Å². The van der Waals surface area contributed by atoms with Gasteiger partial charge < -0.3 is 10.2 Å².